The van der Waals surface area contributed by atoms with Crippen molar-refractivity contribution in [2.24, 2.45) is 0 Å². The number of ether oxygens (including phenoxy) is 5. The molecule has 9 nitrogen and oxygen atoms in total. The zero-order valence-electron chi connectivity index (χ0n) is 15.5. The largest absolute Gasteiger partial charge is 0.456 e. The Morgan fingerprint density at radius 2 is 1.12 bits per heavy atom. The van der Waals surface area contributed by atoms with Crippen molar-refractivity contribution in [1.29, 1.82) is 0 Å². The van der Waals surface area contributed by atoms with Crippen molar-refractivity contribution in [1.82, 2.24) is 0 Å². The standard InChI is InChI=1S/C17H26O9/c1-5-11(18)23-10-9-22-17(26-14(21)8-4)16(25-13(20)7-3)15(10)24-12(19)6-2/h10,15-17H,5-9H2,1-4H3/t10-,15+,16-,17-/m1/s1. The molecule has 0 aromatic rings. The van der Waals surface area contributed by atoms with Crippen LogP contribution in [0.1, 0.15) is 53.4 Å². The van der Waals surface area contributed by atoms with Crippen molar-refractivity contribution < 1.29 is 42.9 Å². The molecule has 0 aliphatic carbocycles. The summed E-state index contributed by atoms with van der Waals surface area (Å²) in [6.07, 6.45) is -4.30. The molecule has 0 N–H and O–H groups in total. The second-order valence-corrected chi connectivity index (χ2v) is 5.54. The van der Waals surface area contributed by atoms with Crippen molar-refractivity contribution >= 4 is 23.9 Å². The molecular formula is C17H26O9. The topological polar surface area (TPSA) is 114 Å². The monoisotopic (exact) mass is 374 g/mol. The fourth-order valence-electron chi connectivity index (χ4n) is 2.15. The van der Waals surface area contributed by atoms with Crippen LogP contribution in [0.3, 0.4) is 0 Å². The predicted molar refractivity (Wildman–Crippen MR) is 86.6 cm³/mol. The molecule has 26 heavy (non-hydrogen) atoms. The average molecular weight is 374 g/mol. The van der Waals surface area contributed by atoms with Crippen LogP contribution >= 0.6 is 0 Å². The van der Waals surface area contributed by atoms with E-state index in [1.54, 1.807) is 27.7 Å². The van der Waals surface area contributed by atoms with E-state index in [-0.39, 0.29) is 32.3 Å². The minimum absolute atomic E-state index is 0.0544. The molecule has 1 aliphatic heterocycles. The summed E-state index contributed by atoms with van der Waals surface area (Å²) < 4.78 is 26.5. The van der Waals surface area contributed by atoms with Gasteiger partial charge in [0, 0.05) is 25.7 Å². The number of rotatable bonds is 8. The van der Waals surface area contributed by atoms with E-state index in [0.717, 1.165) is 0 Å². The maximum Gasteiger partial charge on any atom is 0.307 e. The van der Waals surface area contributed by atoms with Crippen LogP contribution in [0.2, 0.25) is 0 Å². The molecule has 0 amide bonds. The molecule has 0 aromatic heterocycles. The highest BCUT2D eigenvalue weighted by Gasteiger charge is 2.49. The van der Waals surface area contributed by atoms with Gasteiger partial charge in [0.05, 0.1) is 6.61 Å². The molecule has 1 aliphatic rings. The van der Waals surface area contributed by atoms with Crippen LogP contribution in [0.25, 0.3) is 0 Å². The van der Waals surface area contributed by atoms with E-state index >= 15 is 0 Å². The Bertz CT molecular complexity index is 470. The van der Waals surface area contributed by atoms with Gasteiger partial charge in [0.15, 0.2) is 12.2 Å². The highest BCUT2D eigenvalue weighted by molar-refractivity contribution is 5.71. The van der Waals surface area contributed by atoms with Gasteiger partial charge >= 0.3 is 23.9 Å². The Morgan fingerprint density at radius 3 is 1.62 bits per heavy atom. The van der Waals surface area contributed by atoms with Gasteiger partial charge in [-0.25, -0.2) is 0 Å². The van der Waals surface area contributed by atoms with Gasteiger partial charge in [-0.3, -0.25) is 19.2 Å². The van der Waals surface area contributed by atoms with Gasteiger partial charge in [0.1, 0.15) is 0 Å². The first kappa shape index (κ1) is 21.9. The number of esters is 4. The second-order valence-electron chi connectivity index (χ2n) is 5.54. The van der Waals surface area contributed by atoms with E-state index in [1.165, 1.54) is 0 Å². The Kier molecular flexibility index (Phi) is 9.04. The van der Waals surface area contributed by atoms with Crippen LogP contribution in [0.5, 0.6) is 0 Å². The van der Waals surface area contributed by atoms with Crippen LogP contribution in [-0.4, -0.2) is 55.1 Å². The smallest absolute Gasteiger partial charge is 0.307 e. The number of carbonyl (C=O) groups excluding carboxylic acids is 4. The maximum atomic E-state index is 11.8. The fourth-order valence-corrected chi connectivity index (χ4v) is 2.15. The number of hydrogen-bond donors (Lipinski definition) is 0. The van der Waals surface area contributed by atoms with E-state index < -0.39 is 48.5 Å². The molecule has 1 fully saturated rings. The quantitative estimate of drug-likeness (QED) is 0.457. The Hall–Kier alpha value is -2.16. The summed E-state index contributed by atoms with van der Waals surface area (Å²) in [6, 6.07) is 0. The third-order valence-corrected chi connectivity index (χ3v) is 3.60. The molecule has 148 valence electrons. The van der Waals surface area contributed by atoms with Gasteiger partial charge in [-0.05, 0) is 0 Å². The van der Waals surface area contributed by atoms with E-state index in [1.807, 2.05) is 0 Å². The van der Waals surface area contributed by atoms with E-state index in [4.69, 9.17) is 23.7 Å². The highest BCUT2D eigenvalue weighted by Crippen LogP contribution is 2.26. The molecule has 0 unspecified atom stereocenters. The zero-order valence-corrected chi connectivity index (χ0v) is 15.5. The molecule has 4 atom stereocenters. The summed E-state index contributed by atoms with van der Waals surface area (Å²) in [6.45, 7) is 6.21. The van der Waals surface area contributed by atoms with Crippen molar-refractivity contribution in [3.8, 4) is 0 Å². The molecule has 1 heterocycles. The summed E-state index contributed by atoms with van der Waals surface area (Å²) in [7, 11) is 0. The van der Waals surface area contributed by atoms with Crippen LogP contribution in [0.4, 0.5) is 0 Å². The van der Waals surface area contributed by atoms with Gasteiger partial charge in [-0.1, -0.05) is 27.7 Å². The Balaban J connectivity index is 3.10. The third-order valence-electron chi connectivity index (χ3n) is 3.60. The summed E-state index contributed by atoms with van der Waals surface area (Å²) in [5.74, 6) is -2.28. The maximum absolute atomic E-state index is 11.8. The number of carbonyl (C=O) groups is 4. The van der Waals surface area contributed by atoms with Gasteiger partial charge in [-0.15, -0.1) is 0 Å². The van der Waals surface area contributed by atoms with E-state index in [9.17, 15) is 19.2 Å². The first-order chi connectivity index (χ1) is 12.4. The lowest BCUT2D eigenvalue weighted by Crippen LogP contribution is -2.58. The van der Waals surface area contributed by atoms with E-state index in [0.29, 0.717) is 0 Å². The van der Waals surface area contributed by atoms with Gasteiger partial charge in [0.25, 0.3) is 0 Å². The highest BCUT2D eigenvalue weighted by atomic mass is 16.7. The second kappa shape index (κ2) is 10.7. The average Bonchev–Trinajstić information content (AvgIpc) is 2.65. The predicted octanol–water partition coefficient (Wildman–Crippen LogP) is 1.26. The van der Waals surface area contributed by atoms with Crippen LogP contribution in [-0.2, 0) is 42.9 Å². The molecule has 9 heteroatoms. The number of hydrogen-bond acceptors (Lipinski definition) is 9. The van der Waals surface area contributed by atoms with Crippen LogP contribution in [0, 0.1) is 0 Å². The molecular weight excluding hydrogens is 348 g/mol. The minimum Gasteiger partial charge on any atom is -0.456 e. The molecule has 0 saturated carbocycles. The fraction of sp³-hybridized carbons (Fsp3) is 0.765. The van der Waals surface area contributed by atoms with Crippen molar-refractivity contribution in [2.75, 3.05) is 6.61 Å². The van der Waals surface area contributed by atoms with E-state index in [2.05, 4.69) is 0 Å². The first-order valence-electron chi connectivity index (χ1n) is 8.75. The molecule has 0 spiro atoms. The summed E-state index contributed by atoms with van der Waals surface area (Å²) in [4.78, 5) is 46.9. The molecule has 0 radical (unpaired) electrons. The van der Waals surface area contributed by atoms with Crippen molar-refractivity contribution in [2.45, 2.75) is 78.0 Å². The van der Waals surface area contributed by atoms with Gasteiger partial charge in [-0.2, -0.15) is 0 Å². The Morgan fingerprint density at radius 1 is 0.692 bits per heavy atom. The summed E-state index contributed by atoms with van der Waals surface area (Å²) in [5, 5.41) is 0. The first-order valence-corrected chi connectivity index (χ1v) is 8.75. The van der Waals surface area contributed by atoms with Crippen LogP contribution < -0.4 is 0 Å². The van der Waals surface area contributed by atoms with Gasteiger partial charge in [0.2, 0.25) is 12.4 Å². The summed E-state index contributed by atoms with van der Waals surface area (Å²) >= 11 is 0. The normalized spacial score (nSPS) is 25.1. The third kappa shape index (κ3) is 6.29. The Labute approximate surface area is 152 Å². The lowest BCUT2D eigenvalue weighted by Gasteiger charge is -2.40. The van der Waals surface area contributed by atoms with Gasteiger partial charge < -0.3 is 23.7 Å². The van der Waals surface area contributed by atoms with Crippen molar-refractivity contribution in [3.05, 3.63) is 0 Å². The zero-order chi connectivity index (χ0) is 19.7. The minimum atomic E-state index is -1.26. The lowest BCUT2D eigenvalue weighted by molar-refractivity contribution is -0.275. The molecule has 0 bridgehead atoms. The molecule has 0 aromatic carbocycles. The van der Waals surface area contributed by atoms with Crippen molar-refractivity contribution in [3.63, 3.8) is 0 Å². The molecule has 1 rings (SSSR count). The summed E-state index contributed by atoms with van der Waals surface area (Å²) in [5.41, 5.74) is 0. The lowest BCUT2D eigenvalue weighted by atomic mass is 10.0. The molecule has 1 saturated heterocycles. The van der Waals surface area contributed by atoms with Crippen LogP contribution in [0.15, 0.2) is 0 Å². The SMILES string of the molecule is CCC(=O)O[C@H]1OC[C@@H](OC(=O)CC)[C@H](OC(=O)CC)[C@H]1OC(=O)CC.